The largest absolute Gasteiger partial charge is 0.469 e. The van der Waals surface area contributed by atoms with Crippen molar-refractivity contribution in [2.45, 2.75) is 26.2 Å². The van der Waals surface area contributed by atoms with Crippen molar-refractivity contribution in [3.8, 4) is 0 Å². The summed E-state index contributed by atoms with van der Waals surface area (Å²) in [5.74, 6) is 0.855. The lowest BCUT2D eigenvalue weighted by molar-refractivity contribution is -0.141. The number of rotatable bonds is 9. The Hall–Kier alpha value is -1.24. The van der Waals surface area contributed by atoms with Gasteiger partial charge in [-0.3, -0.25) is 14.4 Å². The van der Waals surface area contributed by atoms with Gasteiger partial charge in [0.1, 0.15) is 0 Å². The molecule has 0 heterocycles. The molecule has 114 valence electrons. The van der Waals surface area contributed by atoms with E-state index < -0.39 is 0 Å². The summed E-state index contributed by atoms with van der Waals surface area (Å²) in [5, 5.41) is 5.34. The molecule has 0 bridgehead atoms. The molecule has 2 N–H and O–H groups in total. The number of esters is 1. The maximum absolute atomic E-state index is 11.5. The van der Waals surface area contributed by atoms with Crippen LogP contribution in [0.1, 0.15) is 26.2 Å². The van der Waals surface area contributed by atoms with E-state index in [0.29, 0.717) is 25.3 Å². The second-order valence-corrected chi connectivity index (χ2v) is 6.06. The van der Waals surface area contributed by atoms with Crippen molar-refractivity contribution in [2.24, 2.45) is 5.41 Å². The van der Waals surface area contributed by atoms with E-state index in [2.05, 4.69) is 15.4 Å². The van der Waals surface area contributed by atoms with Crippen LogP contribution in [0, 0.1) is 5.41 Å². The Balaban J connectivity index is 2.07. The van der Waals surface area contributed by atoms with Gasteiger partial charge in [-0.15, -0.1) is 0 Å². The molecule has 1 saturated carbocycles. The molecule has 0 aliphatic heterocycles. The van der Waals surface area contributed by atoms with Crippen molar-refractivity contribution in [1.82, 2.24) is 10.6 Å². The second kappa shape index (κ2) is 8.14. The summed E-state index contributed by atoms with van der Waals surface area (Å²) < 4.78 is 4.68. The molecule has 0 aromatic heterocycles. The number of hydrogen-bond acceptors (Lipinski definition) is 5. The number of methoxy groups -OCH3 is 1. The van der Waals surface area contributed by atoms with Gasteiger partial charge < -0.3 is 15.4 Å². The molecule has 0 atom stereocenters. The van der Waals surface area contributed by atoms with Crippen LogP contribution >= 0.6 is 11.8 Å². The number of thioether (sulfide) groups is 1. The summed E-state index contributed by atoms with van der Waals surface area (Å²) in [4.78, 5) is 33.4. The zero-order valence-electron chi connectivity index (χ0n) is 12.0. The summed E-state index contributed by atoms with van der Waals surface area (Å²) in [7, 11) is 1.40. The molecule has 0 spiro atoms. The quantitative estimate of drug-likeness (QED) is 0.473. The lowest BCUT2D eigenvalue weighted by Crippen LogP contribution is -2.34. The van der Waals surface area contributed by atoms with E-state index in [9.17, 15) is 14.4 Å². The highest BCUT2D eigenvalue weighted by atomic mass is 32.2. The average molecular weight is 302 g/mol. The fraction of sp³-hybridized carbons (Fsp3) is 0.769. The smallest absolute Gasteiger partial charge is 0.306 e. The number of amides is 2. The molecule has 0 radical (unpaired) electrons. The summed E-state index contributed by atoms with van der Waals surface area (Å²) in [6.07, 6.45) is 2.50. The highest BCUT2D eigenvalue weighted by Gasteiger charge is 2.44. The van der Waals surface area contributed by atoms with Crippen LogP contribution in [0.15, 0.2) is 0 Å². The SMILES string of the molecule is COC(=O)CC1(CSCC(=O)NCCNC(C)=O)CC1. The van der Waals surface area contributed by atoms with Gasteiger partial charge in [0.2, 0.25) is 11.8 Å². The van der Waals surface area contributed by atoms with Crippen LogP contribution in [0.4, 0.5) is 0 Å². The number of carbonyl (C=O) groups excluding carboxylic acids is 3. The first-order chi connectivity index (χ1) is 9.47. The average Bonchev–Trinajstić information content (AvgIpc) is 3.14. The summed E-state index contributed by atoms with van der Waals surface area (Å²) in [6.45, 7) is 2.32. The molecule has 1 aliphatic carbocycles. The molecule has 6 nitrogen and oxygen atoms in total. The molecule has 0 saturated heterocycles. The van der Waals surface area contributed by atoms with Crippen LogP contribution in [0.3, 0.4) is 0 Å². The van der Waals surface area contributed by atoms with Crippen molar-refractivity contribution in [3.63, 3.8) is 0 Å². The maximum atomic E-state index is 11.5. The van der Waals surface area contributed by atoms with Crippen LogP contribution in [-0.4, -0.2) is 49.5 Å². The summed E-state index contributed by atoms with van der Waals surface area (Å²) in [6, 6.07) is 0. The predicted octanol–water partition coefficient (Wildman–Crippen LogP) is 0.315. The maximum Gasteiger partial charge on any atom is 0.306 e. The third kappa shape index (κ3) is 6.79. The summed E-state index contributed by atoms with van der Waals surface area (Å²) in [5.41, 5.74) is 0.0498. The van der Waals surface area contributed by atoms with Crippen LogP contribution in [-0.2, 0) is 19.1 Å². The lowest BCUT2D eigenvalue weighted by atomic mass is 10.1. The van der Waals surface area contributed by atoms with E-state index in [-0.39, 0.29) is 23.2 Å². The van der Waals surface area contributed by atoms with Gasteiger partial charge in [0.05, 0.1) is 19.3 Å². The first-order valence-electron chi connectivity index (χ1n) is 6.63. The molecule has 2 amide bonds. The van der Waals surface area contributed by atoms with Gasteiger partial charge in [0.15, 0.2) is 0 Å². The summed E-state index contributed by atoms with van der Waals surface area (Å²) >= 11 is 1.54. The van der Waals surface area contributed by atoms with E-state index in [1.165, 1.54) is 14.0 Å². The Bertz CT molecular complexity index is 369. The van der Waals surface area contributed by atoms with Crippen LogP contribution < -0.4 is 10.6 Å². The fourth-order valence-electron chi connectivity index (χ4n) is 1.78. The highest BCUT2D eigenvalue weighted by molar-refractivity contribution is 7.99. The van der Waals surface area contributed by atoms with E-state index in [0.717, 1.165) is 18.6 Å². The van der Waals surface area contributed by atoms with E-state index in [1.54, 1.807) is 11.8 Å². The topological polar surface area (TPSA) is 84.5 Å². The van der Waals surface area contributed by atoms with Gasteiger partial charge in [-0.1, -0.05) is 0 Å². The van der Waals surface area contributed by atoms with Crippen molar-refractivity contribution in [3.05, 3.63) is 0 Å². The molecule has 20 heavy (non-hydrogen) atoms. The molecule has 1 fully saturated rings. The third-order valence-corrected chi connectivity index (χ3v) is 4.45. The van der Waals surface area contributed by atoms with E-state index in [4.69, 9.17) is 0 Å². The van der Waals surface area contributed by atoms with Gasteiger partial charge in [0, 0.05) is 20.0 Å². The minimum Gasteiger partial charge on any atom is -0.469 e. The second-order valence-electron chi connectivity index (χ2n) is 5.08. The Labute approximate surface area is 123 Å². The molecule has 1 aliphatic rings. The van der Waals surface area contributed by atoms with Gasteiger partial charge in [-0.2, -0.15) is 11.8 Å². The number of hydrogen-bond donors (Lipinski definition) is 2. The van der Waals surface area contributed by atoms with Crippen LogP contribution in [0.5, 0.6) is 0 Å². The van der Waals surface area contributed by atoms with Crippen molar-refractivity contribution in [1.29, 1.82) is 0 Å². The van der Waals surface area contributed by atoms with Crippen LogP contribution in [0.2, 0.25) is 0 Å². The molecule has 0 unspecified atom stereocenters. The molecular weight excluding hydrogens is 280 g/mol. The van der Waals surface area contributed by atoms with E-state index in [1.807, 2.05) is 0 Å². The molecule has 7 heteroatoms. The van der Waals surface area contributed by atoms with Gasteiger partial charge in [0.25, 0.3) is 0 Å². The fourth-order valence-corrected chi connectivity index (χ4v) is 2.99. The van der Waals surface area contributed by atoms with Crippen molar-refractivity contribution in [2.75, 3.05) is 31.7 Å². The van der Waals surface area contributed by atoms with Gasteiger partial charge in [-0.05, 0) is 24.0 Å². The Morgan fingerprint density at radius 3 is 2.40 bits per heavy atom. The first-order valence-corrected chi connectivity index (χ1v) is 7.79. The first kappa shape index (κ1) is 16.8. The normalized spacial score (nSPS) is 15.3. The predicted molar refractivity (Wildman–Crippen MR) is 77.3 cm³/mol. The zero-order valence-corrected chi connectivity index (χ0v) is 12.8. The number of ether oxygens (including phenoxy) is 1. The monoisotopic (exact) mass is 302 g/mol. The Kier molecular flexibility index (Phi) is 6.84. The Morgan fingerprint density at radius 2 is 1.85 bits per heavy atom. The third-order valence-electron chi connectivity index (χ3n) is 3.17. The van der Waals surface area contributed by atoms with Gasteiger partial charge >= 0.3 is 5.97 Å². The number of carbonyl (C=O) groups is 3. The van der Waals surface area contributed by atoms with Crippen molar-refractivity contribution >= 4 is 29.5 Å². The Morgan fingerprint density at radius 1 is 1.20 bits per heavy atom. The van der Waals surface area contributed by atoms with Crippen molar-refractivity contribution < 1.29 is 19.1 Å². The molecule has 0 aromatic rings. The molecule has 0 aromatic carbocycles. The van der Waals surface area contributed by atoms with Crippen LogP contribution in [0.25, 0.3) is 0 Å². The minimum atomic E-state index is -0.178. The lowest BCUT2D eigenvalue weighted by Gasteiger charge is -2.12. The highest BCUT2D eigenvalue weighted by Crippen LogP contribution is 2.51. The standard InChI is InChI=1S/C13H22N2O4S/c1-10(16)14-5-6-15-11(17)8-20-9-13(3-4-13)7-12(18)19-2/h3-9H2,1-2H3,(H,14,16)(H,15,17). The molecular formula is C13H22N2O4S. The van der Waals surface area contributed by atoms with Gasteiger partial charge in [-0.25, -0.2) is 0 Å². The van der Waals surface area contributed by atoms with E-state index >= 15 is 0 Å². The minimum absolute atomic E-state index is 0.0470. The number of nitrogens with one attached hydrogen (secondary N) is 2. The molecule has 1 rings (SSSR count). The zero-order chi connectivity index (χ0) is 15.0.